The first-order valence-electron chi connectivity index (χ1n) is 9.23. The zero-order chi connectivity index (χ0) is 17.9. The predicted molar refractivity (Wildman–Crippen MR) is 102 cm³/mol. The van der Waals surface area contributed by atoms with Gasteiger partial charge in [-0.25, -0.2) is 0 Å². The molecule has 0 bridgehead atoms. The highest BCUT2D eigenvalue weighted by Crippen LogP contribution is 2.45. The predicted octanol–water partition coefficient (Wildman–Crippen LogP) is 3.94. The first-order valence-corrected chi connectivity index (χ1v) is 9.23. The van der Waals surface area contributed by atoms with Gasteiger partial charge in [-0.3, -0.25) is 0 Å². The summed E-state index contributed by atoms with van der Waals surface area (Å²) >= 11 is 0. The molecule has 0 spiro atoms. The van der Waals surface area contributed by atoms with Crippen LogP contribution >= 0.6 is 0 Å². The summed E-state index contributed by atoms with van der Waals surface area (Å²) in [4.78, 5) is 2.25. The van der Waals surface area contributed by atoms with Gasteiger partial charge in [0.2, 0.25) is 0 Å². The molecule has 25 heavy (non-hydrogen) atoms. The van der Waals surface area contributed by atoms with Gasteiger partial charge >= 0.3 is 0 Å². The fraction of sp³-hybridized carbons (Fsp3) is 0.455. The third-order valence-electron chi connectivity index (χ3n) is 5.70. The van der Waals surface area contributed by atoms with Crippen LogP contribution in [0.2, 0.25) is 0 Å². The minimum atomic E-state index is -0.888. The molecule has 0 saturated heterocycles. The van der Waals surface area contributed by atoms with Crippen molar-refractivity contribution in [3.8, 4) is 5.75 Å². The molecule has 1 saturated carbocycles. The second kappa shape index (κ2) is 7.59. The lowest BCUT2D eigenvalue weighted by Gasteiger charge is -2.46. The third-order valence-corrected chi connectivity index (χ3v) is 5.70. The Labute approximate surface area is 150 Å². The van der Waals surface area contributed by atoms with E-state index < -0.39 is 5.60 Å². The fourth-order valence-corrected chi connectivity index (χ4v) is 4.37. The van der Waals surface area contributed by atoms with Crippen LogP contribution in [0.15, 0.2) is 54.6 Å². The summed E-state index contributed by atoms with van der Waals surface area (Å²) in [6, 6.07) is 17.9. The van der Waals surface area contributed by atoms with Gasteiger partial charge in [0.05, 0.1) is 5.60 Å². The highest BCUT2D eigenvalue weighted by atomic mass is 16.3. The first-order chi connectivity index (χ1) is 12.0. The number of aromatic hydroxyl groups is 1. The van der Waals surface area contributed by atoms with E-state index in [0.29, 0.717) is 0 Å². The van der Waals surface area contributed by atoms with Gasteiger partial charge in [-0.05, 0) is 56.6 Å². The van der Waals surface area contributed by atoms with Crippen molar-refractivity contribution in [1.29, 1.82) is 0 Å². The number of phenols is 1. The molecule has 134 valence electrons. The maximum atomic E-state index is 11.7. The molecular formula is C22H29NO2. The van der Waals surface area contributed by atoms with Crippen molar-refractivity contribution in [1.82, 2.24) is 4.90 Å². The van der Waals surface area contributed by atoms with Crippen molar-refractivity contribution in [3.05, 3.63) is 65.7 Å². The van der Waals surface area contributed by atoms with Crippen LogP contribution in [0.25, 0.3) is 0 Å². The summed E-state index contributed by atoms with van der Waals surface area (Å²) in [5.74, 6) is 0.359. The van der Waals surface area contributed by atoms with Gasteiger partial charge in [0.25, 0.3) is 0 Å². The lowest BCUT2D eigenvalue weighted by molar-refractivity contribution is -0.0826. The molecule has 3 heteroatoms. The Morgan fingerprint density at radius 3 is 2.52 bits per heavy atom. The van der Waals surface area contributed by atoms with Crippen LogP contribution in [0.3, 0.4) is 0 Å². The normalized spacial score (nSPS) is 25.0. The quantitative estimate of drug-likeness (QED) is 0.867. The van der Waals surface area contributed by atoms with Crippen LogP contribution in [0, 0.1) is 5.92 Å². The van der Waals surface area contributed by atoms with Gasteiger partial charge in [0.15, 0.2) is 0 Å². The van der Waals surface area contributed by atoms with E-state index in [4.69, 9.17) is 0 Å². The summed E-state index contributed by atoms with van der Waals surface area (Å²) in [7, 11) is 4.20. The summed E-state index contributed by atoms with van der Waals surface area (Å²) in [6.45, 7) is 0. The number of aliphatic hydroxyl groups is 1. The zero-order valence-corrected chi connectivity index (χ0v) is 15.2. The Kier molecular flexibility index (Phi) is 5.45. The van der Waals surface area contributed by atoms with Crippen LogP contribution in [0.5, 0.6) is 5.75 Å². The molecule has 3 rings (SSSR count). The van der Waals surface area contributed by atoms with Crippen LogP contribution in [-0.2, 0) is 12.0 Å². The smallest absolute Gasteiger partial charge is 0.115 e. The maximum absolute atomic E-state index is 11.7. The van der Waals surface area contributed by atoms with E-state index in [-0.39, 0.29) is 17.7 Å². The Bertz CT molecular complexity index is 685. The molecule has 0 heterocycles. The van der Waals surface area contributed by atoms with Crippen molar-refractivity contribution in [2.24, 2.45) is 5.92 Å². The molecule has 0 aliphatic heterocycles. The number of likely N-dealkylation sites (N-methyl/N-ethyl adjacent to an activating group) is 1. The molecular weight excluding hydrogens is 310 g/mol. The third kappa shape index (κ3) is 3.88. The van der Waals surface area contributed by atoms with Gasteiger partial charge < -0.3 is 15.1 Å². The van der Waals surface area contributed by atoms with Gasteiger partial charge in [0, 0.05) is 12.0 Å². The summed E-state index contributed by atoms with van der Waals surface area (Å²) in [5, 5.41) is 21.6. The van der Waals surface area contributed by atoms with E-state index in [1.165, 1.54) is 5.56 Å². The van der Waals surface area contributed by atoms with Gasteiger partial charge in [-0.1, -0.05) is 55.3 Å². The van der Waals surface area contributed by atoms with Crippen molar-refractivity contribution in [3.63, 3.8) is 0 Å². The highest BCUT2D eigenvalue weighted by Gasteiger charge is 2.45. The van der Waals surface area contributed by atoms with E-state index in [0.717, 1.165) is 37.7 Å². The molecule has 2 N–H and O–H groups in total. The molecule has 0 radical (unpaired) electrons. The molecule has 1 fully saturated rings. The molecule has 3 unspecified atom stereocenters. The minimum Gasteiger partial charge on any atom is -0.508 e. The Balaban J connectivity index is 1.94. The fourth-order valence-electron chi connectivity index (χ4n) is 4.37. The number of hydrogen-bond donors (Lipinski definition) is 2. The molecule has 2 aromatic carbocycles. The van der Waals surface area contributed by atoms with Crippen molar-refractivity contribution < 1.29 is 10.2 Å². The monoisotopic (exact) mass is 339 g/mol. The second-order valence-electron chi connectivity index (χ2n) is 7.55. The Morgan fingerprint density at radius 2 is 1.84 bits per heavy atom. The number of benzene rings is 2. The molecule has 0 aromatic heterocycles. The van der Waals surface area contributed by atoms with E-state index >= 15 is 0 Å². The van der Waals surface area contributed by atoms with Gasteiger partial charge in [-0.2, -0.15) is 0 Å². The molecule has 3 nitrogen and oxygen atoms in total. The molecule has 0 amide bonds. The summed E-state index contributed by atoms with van der Waals surface area (Å²) in [5.41, 5.74) is 1.25. The average Bonchev–Trinajstić information content (AvgIpc) is 2.61. The van der Waals surface area contributed by atoms with E-state index in [1.807, 2.05) is 18.2 Å². The van der Waals surface area contributed by atoms with Gasteiger partial charge in [-0.15, -0.1) is 0 Å². The highest BCUT2D eigenvalue weighted by molar-refractivity contribution is 5.33. The number of rotatable bonds is 5. The number of nitrogens with zero attached hydrogens (tertiary/aromatic N) is 1. The molecule has 1 aliphatic rings. The van der Waals surface area contributed by atoms with Crippen molar-refractivity contribution in [2.45, 2.75) is 43.7 Å². The zero-order valence-electron chi connectivity index (χ0n) is 15.2. The Morgan fingerprint density at radius 1 is 1.08 bits per heavy atom. The standard InChI is InChI=1S/C22H29NO2/c1-23(2)21(15-17-9-4-3-5-10-17)20-13-6-7-14-22(20,25)18-11-8-12-19(24)16-18/h3-5,8-12,16,20-21,24-25H,6-7,13-15H2,1-2H3. The van der Waals surface area contributed by atoms with Gasteiger partial charge in [0.1, 0.15) is 5.75 Å². The van der Waals surface area contributed by atoms with Crippen molar-refractivity contribution in [2.75, 3.05) is 14.1 Å². The van der Waals surface area contributed by atoms with Crippen LogP contribution in [0.1, 0.15) is 36.8 Å². The second-order valence-corrected chi connectivity index (χ2v) is 7.55. The first kappa shape index (κ1) is 18.0. The molecule has 3 atom stereocenters. The lowest BCUT2D eigenvalue weighted by atomic mass is 9.67. The minimum absolute atomic E-state index is 0.137. The van der Waals surface area contributed by atoms with Crippen LogP contribution in [0.4, 0.5) is 0 Å². The van der Waals surface area contributed by atoms with E-state index in [2.05, 4.69) is 43.3 Å². The number of hydrogen-bond acceptors (Lipinski definition) is 3. The maximum Gasteiger partial charge on any atom is 0.115 e. The molecule has 1 aliphatic carbocycles. The van der Waals surface area contributed by atoms with Crippen LogP contribution in [-0.4, -0.2) is 35.3 Å². The summed E-state index contributed by atoms with van der Waals surface area (Å²) < 4.78 is 0. The number of phenolic OH excluding ortho intramolecular Hbond substituents is 1. The lowest BCUT2D eigenvalue weighted by Crippen LogP contribution is -2.50. The average molecular weight is 339 g/mol. The van der Waals surface area contributed by atoms with E-state index in [1.54, 1.807) is 12.1 Å². The SMILES string of the molecule is CN(C)C(Cc1ccccc1)C1CCCCC1(O)c1cccc(O)c1. The van der Waals surface area contributed by atoms with E-state index in [9.17, 15) is 10.2 Å². The largest absolute Gasteiger partial charge is 0.508 e. The topological polar surface area (TPSA) is 43.7 Å². The molecule has 2 aromatic rings. The summed E-state index contributed by atoms with van der Waals surface area (Å²) in [6.07, 6.45) is 4.83. The van der Waals surface area contributed by atoms with Crippen LogP contribution < -0.4 is 0 Å². The Hall–Kier alpha value is -1.84. The van der Waals surface area contributed by atoms with Crippen molar-refractivity contribution >= 4 is 0 Å².